The summed E-state index contributed by atoms with van der Waals surface area (Å²) in [6, 6.07) is 0. The summed E-state index contributed by atoms with van der Waals surface area (Å²) in [6.45, 7) is 7.59. The minimum Gasteiger partial charge on any atom is -0.392 e. The molecule has 0 aromatic heterocycles. The van der Waals surface area contributed by atoms with Gasteiger partial charge in [-0.25, -0.2) is 0 Å². The third-order valence-corrected chi connectivity index (χ3v) is 3.08. The fourth-order valence-corrected chi connectivity index (χ4v) is 2.00. The minimum absolute atomic E-state index is 0.189. The molecule has 1 saturated carbocycles. The predicted octanol–water partition coefficient (Wildman–Crippen LogP) is 1.76. The number of aliphatic hydroxyl groups excluding tert-OH is 1. The number of aliphatic hydroxyl groups is 1. The van der Waals surface area contributed by atoms with Crippen molar-refractivity contribution in [1.29, 1.82) is 0 Å². The monoisotopic (exact) mass is 170 g/mol. The molecule has 1 N–H and O–H groups in total. The lowest BCUT2D eigenvalue weighted by Gasteiger charge is -2.42. The molecular formula is C10H18O2. The van der Waals surface area contributed by atoms with Crippen molar-refractivity contribution in [3.05, 3.63) is 0 Å². The van der Waals surface area contributed by atoms with E-state index in [0.29, 0.717) is 0 Å². The highest BCUT2D eigenvalue weighted by Gasteiger charge is 2.47. The Hall–Kier alpha value is -0.370. The number of hydrogen-bond acceptors (Lipinski definition) is 2. The summed E-state index contributed by atoms with van der Waals surface area (Å²) < 4.78 is 0. The van der Waals surface area contributed by atoms with E-state index in [4.69, 9.17) is 0 Å². The first-order valence-corrected chi connectivity index (χ1v) is 4.51. The fourth-order valence-electron chi connectivity index (χ4n) is 2.00. The van der Waals surface area contributed by atoms with Crippen molar-refractivity contribution in [1.82, 2.24) is 0 Å². The second kappa shape index (κ2) is 2.56. The standard InChI is InChI=1S/C10H18O2/c1-9(2)6-5-7(11)10(3,4)8(9)12/h7,11H,5-6H2,1-4H3. The molecule has 12 heavy (non-hydrogen) atoms. The number of carbonyl (C=O) groups is 1. The Morgan fingerprint density at radius 2 is 1.83 bits per heavy atom. The zero-order valence-electron chi connectivity index (χ0n) is 8.35. The highest BCUT2D eigenvalue weighted by atomic mass is 16.3. The maximum absolute atomic E-state index is 11.8. The van der Waals surface area contributed by atoms with Crippen LogP contribution in [0.3, 0.4) is 0 Å². The molecule has 0 aliphatic heterocycles. The van der Waals surface area contributed by atoms with Crippen molar-refractivity contribution in [3.8, 4) is 0 Å². The molecule has 0 spiro atoms. The SMILES string of the molecule is CC1(C)CCC(O)C(C)(C)C1=O. The molecule has 0 aromatic carbocycles. The third-order valence-electron chi connectivity index (χ3n) is 3.08. The Kier molecular flexibility index (Phi) is 2.07. The molecule has 1 aliphatic rings. The normalized spacial score (nSPS) is 33.4. The van der Waals surface area contributed by atoms with Crippen molar-refractivity contribution < 1.29 is 9.90 Å². The van der Waals surface area contributed by atoms with Gasteiger partial charge in [-0.3, -0.25) is 4.79 Å². The Balaban J connectivity index is 2.94. The van der Waals surface area contributed by atoms with Gasteiger partial charge in [0.25, 0.3) is 0 Å². The third kappa shape index (κ3) is 1.28. The van der Waals surface area contributed by atoms with Crippen molar-refractivity contribution in [2.75, 3.05) is 0 Å². The van der Waals surface area contributed by atoms with E-state index in [-0.39, 0.29) is 11.2 Å². The predicted molar refractivity (Wildman–Crippen MR) is 47.8 cm³/mol. The van der Waals surface area contributed by atoms with Crippen LogP contribution in [0.1, 0.15) is 40.5 Å². The van der Waals surface area contributed by atoms with E-state index in [1.807, 2.05) is 27.7 Å². The molecule has 1 atom stereocenters. The smallest absolute Gasteiger partial charge is 0.146 e. The number of hydrogen-bond donors (Lipinski definition) is 1. The topological polar surface area (TPSA) is 37.3 Å². The van der Waals surface area contributed by atoms with Crippen LogP contribution in [0.4, 0.5) is 0 Å². The van der Waals surface area contributed by atoms with Crippen LogP contribution in [0, 0.1) is 10.8 Å². The van der Waals surface area contributed by atoms with Gasteiger partial charge >= 0.3 is 0 Å². The summed E-state index contributed by atoms with van der Waals surface area (Å²) in [7, 11) is 0. The lowest BCUT2D eigenvalue weighted by Crippen LogP contribution is -2.49. The van der Waals surface area contributed by atoms with Crippen LogP contribution in [-0.2, 0) is 4.79 Å². The molecule has 2 nitrogen and oxygen atoms in total. The van der Waals surface area contributed by atoms with Crippen molar-refractivity contribution in [3.63, 3.8) is 0 Å². The Bertz CT molecular complexity index is 204. The second-order valence-corrected chi connectivity index (χ2v) is 4.99. The minimum atomic E-state index is -0.554. The van der Waals surface area contributed by atoms with Gasteiger partial charge < -0.3 is 5.11 Å². The number of Topliss-reactive ketones (excluding diaryl/α,β-unsaturated/α-hetero) is 1. The van der Waals surface area contributed by atoms with Gasteiger partial charge in [0.1, 0.15) is 5.78 Å². The van der Waals surface area contributed by atoms with Gasteiger partial charge in [-0.1, -0.05) is 27.7 Å². The summed E-state index contributed by atoms with van der Waals surface area (Å²) in [5, 5.41) is 9.62. The fraction of sp³-hybridized carbons (Fsp3) is 0.900. The average molecular weight is 170 g/mol. The van der Waals surface area contributed by atoms with Gasteiger partial charge in [0, 0.05) is 10.8 Å². The molecule has 0 amide bonds. The van der Waals surface area contributed by atoms with Gasteiger partial charge in [0.2, 0.25) is 0 Å². The van der Waals surface area contributed by atoms with Gasteiger partial charge in [-0.2, -0.15) is 0 Å². The van der Waals surface area contributed by atoms with Crippen LogP contribution < -0.4 is 0 Å². The first kappa shape index (κ1) is 9.72. The van der Waals surface area contributed by atoms with Crippen LogP contribution in [0.25, 0.3) is 0 Å². The summed E-state index contributed by atoms with van der Waals surface area (Å²) in [4.78, 5) is 11.8. The average Bonchev–Trinajstić information content (AvgIpc) is 1.96. The van der Waals surface area contributed by atoms with Crippen LogP contribution >= 0.6 is 0 Å². The molecule has 0 saturated heterocycles. The maximum atomic E-state index is 11.8. The van der Waals surface area contributed by atoms with E-state index >= 15 is 0 Å². The number of rotatable bonds is 0. The zero-order valence-corrected chi connectivity index (χ0v) is 8.35. The summed E-state index contributed by atoms with van der Waals surface area (Å²) in [5.41, 5.74) is -0.801. The Morgan fingerprint density at radius 3 is 2.25 bits per heavy atom. The first-order chi connectivity index (χ1) is 5.28. The molecular weight excluding hydrogens is 152 g/mol. The maximum Gasteiger partial charge on any atom is 0.146 e. The van der Waals surface area contributed by atoms with Crippen LogP contribution in [0.2, 0.25) is 0 Å². The lowest BCUT2D eigenvalue weighted by atomic mass is 9.63. The highest BCUT2D eigenvalue weighted by molar-refractivity contribution is 5.90. The summed E-state index contributed by atoms with van der Waals surface area (Å²) in [5.74, 6) is 0.189. The van der Waals surface area contributed by atoms with E-state index in [0.717, 1.165) is 12.8 Å². The Morgan fingerprint density at radius 1 is 1.33 bits per heavy atom. The highest BCUT2D eigenvalue weighted by Crippen LogP contribution is 2.42. The Labute approximate surface area is 74.0 Å². The van der Waals surface area contributed by atoms with E-state index < -0.39 is 11.5 Å². The summed E-state index contributed by atoms with van der Waals surface area (Å²) in [6.07, 6.45) is 1.08. The molecule has 0 bridgehead atoms. The molecule has 1 aliphatic carbocycles. The molecule has 1 rings (SSSR count). The molecule has 70 valence electrons. The van der Waals surface area contributed by atoms with E-state index in [1.165, 1.54) is 0 Å². The molecule has 0 radical (unpaired) electrons. The molecule has 1 fully saturated rings. The van der Waals surface area contributed by atoms with Crippen LogP contribution in [0.5, 0.6) is 0 Å². The zero-order chi connectivity index (χ0) is 9.57. The number of carbonyl (C=O) groups excluding carboxylic acids is 1. The van der Waals surface area contributed by atoms with Gasteiger partial charge in [0.05, 0.1) is 6.10 Å². The van der Waals surface area contributed by atoms with E-state index in [1.54, 1.807) is 0 Å². The largest absolute Gasteiger partial charge is 0.392 e. The van der Waals surface area contributed by atoms with Crippen molar-refractivity contribution >= 4 is 5.78 Å². The van der Waals surface area contributed by atoms with Crippen molar-refractivity contribution in [2.24, 2.45) is 10.8 Å². The molecule has 1 unspecified atom stereocenters. The van der Waals surface area contributed by atoms with Gasteiger partial charge in [-0.15, -0.1) is 0 Å². The van der Waals surface area contributed by atoms with Gasteiger partial charge in [-0.05, 0) is 12.8 Å². The molecule has 0 aromatic rings. The van der Waals surface area contributed by atoms with Crippen molar-refractivity contribution in [2.45, 2.75) is 46.6 Å². The van der Waals surface area contributed by atoms with Crippen LogP contribution in [0.15, 0.2) is 0 Å². The van der Waals surface area contributed by atoms with Gasteiger partial charge in [0.15, 0.2) is 0 Å². The number of ketones is 1. The lowest BCUT2D eigenvalue weighted by molar-refractivity contribution is -0.148. The summed E-state index contributed by atoms with van der Waals surface area (Å²) >= 11 is 0. The van der Waals surface area contributed by atoms with E-state index in [2.05, 4.69) is 0 Å². The second-order valence-electron chi connectivity index (χ2n) is 4.99. The first-order valence-electron chi connectivity index (χ1n) is 4.51. The van der Waals surface area contributed by atoms with E-state index in [9.17, 15) is 9.90 Å². The quantitative estimate of drug-likeness (QED) is 0.601. The molecule has 0 heterocycles. The molecule has 2 heteroatoms. The van der Waals surface area contributed by atoms with Crippen LogP contribution in [-0.4, -0.2) is 17.0 Å².